The number of hydrogen-bond donors (Lipinski definition) is 2. The third-order valence-electron chi connectivity index (χ3n) is 4.95. The normalized spacial score (nSPS) is 13.2. The summed E-state index contributed by atoms with van der Waals surface area (Å²) >= 11 is 0. The van der Waals surface area contributed by atoms with Crippen LogP contribution in [-0.2, 0) is 6.54 Å². The van der Waals surface area contributed by atoms with Gasteiger partial charge in [-0.1, -0.05) is 30.3 Å². The van der Waals surface area contributed by atoms with Gasteiger partial charge in [0.25, 0.3) is 11.8 Å². The van der Waals surface area contributed by atoms with Gasteiger partial charge in [0.15, 0.2) is 0 Å². The van der Waals surface area contributed by atoms with Crippen LogP contribution in [0.5, 0.6) is 0 Å². The van der Waals surface area contributed by atoms with Crippen LogP contribution in [0.2, 0.25) is 0 Å². The Morgan fingerprint density at radius 3 is 2.48 bits per heavy atom. The number of aromatic nitrogens is 1. The number of hydrogen-bond acceptors (Lipinski definition) is 4. The van der Waals surface area contributed by atoms with Gasteiger partial charge < -0.3 is 15.5 Å². The number of carbonyl (C=O) groups is 2. The van der Waals surface area contributed by atoms with Gasteiger partial charge >= 0.3 is 0 Å². The topological polar surface area (TPSA) is 74.3 Å². The zero-order valence-corrected chi connectivity index (χ0v) is 16.6. The molecule has 148 valence electrons. The molecule has 0 aliphatic heterocycles. The Morgan fingerprint density at radius 2 is 1.79 bits per heavy atom. The van der Waals surface area contributed by atoms with E-state index in [1.165, 1.54) is 0 Å². The van der Waals surface area contributed by atoms with E-state index in [2.05, 4.69) is 15.6 Å². The Hall–Kier alpha value is -3.41. The van der Waals surface area contributed by atoms with E-state index in [4.69, 9.17) is 0 Å². The molecule has 6 heteroatoms. The summed E-state index contributed by atoms with van der Waals surface area (Å²) in [5, 5.41) is 7.21. The van der Waals surface area contributed by atoms with Crippen molar-refractivity contribution in [2.45, 2.75) is 25.4 Å². The summed E-state index contributed by atoms with van der Waals surface area (Å²) in [6.07, 6.45) is 2.10. The summed E-state index contributed by atoms with van der Waals surface area (Å²) in [7, 11) is 3.47. The van der Waals surface area contributed by atoms with Gasteiger partial charge in [0.1, 0.15) is 5.82 Å². The minimum absolute atomic E-state index is 0.0213. The first-order valence-electron chi connectivity index (χ1n) is 9.76. The Morgan fingerprint density at radius 1 is 1.07 bits per heavy atom. The van der Waals surface area contributed by atoms with Crippen LogP contribution in [0.15, 0.2) is 54.6 Å². The van der Waals surface area contributed by atoms with E-state index in [0.29, 0.717) is 29.5 Å². The van der Waals surface area contributed by atoms with E-state index in [0.717, 1.165) is 29.3 Å². The molecule has 2 aromatic carbocycles. The zero-order valence-electron chi connectivity index (χ0n) is 16.6. The fraction of sp³-hybridized carbons (Fsp3) is 0.261. The predicted molar refractivity (Wildman–Crippen MR) is 114 cm³/mol. The molecule has 1 saturated carbocycles. The van der Waals surface area contributed by atoms with Crippen LogP contribution in [0.25, 0.3) is 10.9 Å². The number of anilines is 1. The maximum Gasteiger partial charge on any atom is 0.253 e. The maximum atomic E-state index is 12.7. The van der Waals surface area contributed by atoms with Crippen LogP contribution < -0.4 is 10.6 Å². The summed E-state index contributed by atoms with van der Waals surface area (Å²) < 4.78 is 0. The van der Waals surface area contributed by atoms with Crippen molar-refractivity contribution in [3.8, 4) is 0 Å². The molecule has 0 unspecified atom stereocenters. The van der Waals surface area contributed by atoms with Gasteiger partial charge in [0, 0.05) is 37.6 Å². The highest BCUT2D eigenvalue weighted by Gasteiger charge is 2.25. The number of benzene rings is 2. The molecule has 2 amide bonds. The molecule has 1 aromatic heterocycles. The second-order valence-electron chi connectivity index (χ2n) is 7.57. The number of nitrogens with zero attached hydrogens (tertiary/aromatic N) is 2. The first-order chi connectivity index (χ1) is 14.0. The number of nitrogens with one attached hydrogen (secondary N) is 2. The van der Waals surface area contributed by atoms with Gasteiger partial charge in [-0.25, -0.2) is 4.98 Å². The molecule has 2 N–H and O–H groups in total. The second kappa shape index (κ2) is 7.91. The average molecular weight is 388 g/mol. The van der Waals surface area contributed by atoms with Crippen LogP contribution in [0, 0.1) is 0 Å². The number of para-hydroxylation sites is 1. The first-order valence-corrected chi connectivity index (χ1v) is 9.76. The molecule has 0 bridgehead atoms. The molecule has 29 heavy (non-hydrogen) atoms. The van der Waals surface area contributed by atoms with E-state index in [1.807, 2.05) is 54.6 Å². The highest BCUT2D eigenvalue weighted by atomic mass is 16.2. The molecule has 0 radical (unpaired) electrons. The van der Waals surface area contributed by atoms with E-state index < -0.39 is 0 Å². The fourth-order valence-electron chi connectivity index (χ4n) is 3.16. The highest BCUT2D eigenvalue weighted by Crippen LogP contribution is 2.24. The van der Waals surface area contributed by atoms with Gasteiger partial charge in [0.2, 0.25) is 0 Å². The highest BCUT2D eigenvalue weighted by molar-refractivity contribution is 6.07. The Labute approximate surface area is 169 Å². The van der Waals surface area contributed by atoms with Gasteiger partial charge in [-0.05, 0) is 42.7 Å². The third kappa shape index (κ3) is 4.37. The monoisotopic (exact) mass is 388 g/mol. The van der Waals surface area contributed by atoms with Crippen molar-refractivity contribution in [1.82, 2.24) is 15.2 Å². The lowest BCUT2D eigenvalue weighted by atomic mass is 10.1. The molecule has 1 aliphatic carbocycles. The van der Waals surface area contributed by atoms with Gasteiger partial charge in [0.05, 0.1) is 11.1 Å². The SMILES string of the molecule is CN(C)C(=O)c1ccc(CNc2cc(C(=O)NC3CC3)c3ccccc3n2)cc1. The van der Waals surface area contributed by atoms with Crippen molar-refractivity contribution in [3.05, 3.63) is 71.3 Å². The first kappa shape index (κ1) is 18.9. The minimum atomic E-state index is -0.0549. The lowest BCUT2D eigenvalue weighted by Crippen LogP contribution is -2.25. The molecule has 3 aromatic rings. The Balaban J connectivity index is 1.53. The number of pyridine rings is 1. The molecular formula is C23H24N4O2. The smallest absolute Gasteiger partial charge is 0.253 e. The minimum Gasteiger partial charge on any atom is -0.366 e. The average Bonchev–Trinajstić information content (AvgIpc) is 3.55. The summed E-state index contributed by atoms with van der Waals surface area (Å²) in [4.78, 5) is 30.9. The molecule has 1 aliphatic rings. The van der Waals surface area contributed by atoms with Crippen molar-refractivity contribution in [3.63, 3.8) is 0 Å². The van der Waals surface area contributed by atoms with Crippen LogP contribution in [0.1, 0.15) is 39.1 Å². The Bertz CT molecular complexity index is 1060. The van der Waals surface area contributed by atoms with E-state index in [9.17, 15) is 9.59 Å². The summed E-state index contributed by atoms with van der Waals surface area (Å²) in [6.45, 7) is 0.547. The Kier molecular flexibility index (Phi) is 5.16. The third-order valence-corrected chi connectivity index (χ3v) is 4.95. The molecule has 1 heterocycles. The quantitative estimate of drug-likeness (QED) is 0.678. The molecule has 1 fully saturated rings. The molecular weight excluding hydrogens is 364 g/mol. The maximum absolute atomic E-state index is 12.7. The van der Waals surface area contributed by atoms with Crippen molar-refractivity contribution >= 4 is 28.5 Å². The summed E-state index contributed by atoms with van der Waals surface area (Å²) in [6, 6.07) is 17.3. The molecule has 0 atom stereocenters. The summed E-state index contributed by atoms with van der Waals surface area (Å²) in [5.74, 6) is 0.575. The van der Waals surface area contributed by atoms with Crippen molar-refractivity contribution < 1.29 is 9.59 Å². The molecule has 4 rings (SSSR count). The predicted octanol–water partition coefficient (Wildman–Crippen LogP) is 3.44. The molecule has 6 nitrogen and oxygen atoms in total. The number of fused-ring (bicyclic) bond motifs is 1. The van der Waals surface area contributed by atoms with Gasteiger partial charge in [-0.3, -0.25) is 9.59 Å². The van der Waals surface area contributed by atoms with Crippen LogP contribution in [-0.4, -0.2) is 41.8 Å². The van der Waals surface area contributed by atoms with E-state index in [1.54, 1.807) is 19.0 Å². The standard InChI is InChI=1S/C23H24N4O2/c1-27(2)23(29)16-9-7-15(8-10-16)14-24-21-13-19(22(28)25-17-11-12-17)18-5-3-4-6-20(18)26-21/h3-10,13,17H,11-12,14H2,1-2H3,(H,24,26)(H,25,28). The van der Waals surface area contributed by atoms with Crippen molar-refractivity contribution in [2.24, 2.45) is 0 Å². The number of carbonyl (C=O) groups excluding carboxylic acids is 2. The van der Waals surface area contributed by atoms with Crippen molar-refractivity contribution in [1.29, 1.82) is 0 Å². The van der Waals surface area contributed by atoms with Crippen LogP contribution in [0.3, 0.4) is 0 Å². The van der Waals surface area contributed by atoms with Crippen LogP contribution in [0.4, 0.5) is 5.82 Å². The van der Waals surface area contributed by atoms with Crippen molar-refractivity contribution in [2.75, 3.05) is 19.4 Å². The summed E-state index contributed by atoms with van der Waals surface area (Å²) in [5.41, 5.74) is 3.10. The van der Waals surface area contributed by atoms with Gasteiger partial charge in [-0.2, -0.15) is 0 Å². The second-order valence-corrected chi connectivity index (χ2v) is 7.57. The largest absolute Gasteiger partial charge is 0.366 e. The van der Waals surface area contributed by atoms with E-state index >= 15 is 0 Å². The lowest BCUT2D eigenvalue weighted by Gasteiger charge is -2.12. The zero-order chi connectivity index (χ0) is 20.4. The number of amides is 2. The lowest BCUT2D eigenvalue weighted by molar-refractivity contribution is 0.0827. The molecule has 0 spiro atoms. The fourth-order valence-corrected chi connectivity index (χ4v) is 3.16. The molecule has 0 saturated heterocycles. The number of rotatable bonds is 6. The van der Waals surface area contributed by atoms with E-state index in [-0.39, 0.29) is 11.8 Å². The van der Waals surface area contributed by atoms with Gasteiger partial charge in [-0.15, -0.1) is 0 Å². The van der Waals surface area contributed by atoms with Crippen LogP contribution >= 0.6 is 0 Å².